The zero-order chi connectivity index (χ0) is 16.9. The average Bonchev–Trinajstić information content (AvgIpc) is 2.51. The van der Waals surface area contributed by atoms with Crippen LogP contribution in [0.2, 0.25) is 0 Å². The highest BCUT2D eigenvalue weighted by Gasteiger charge is 2.23. The minimum Gasteiger partial charge on any atom is -0.493 e. The van der Waals surface area contributed by atoms with E-state index in [1.165, 1.54) is 45.3 Å². The standard InChI is InChI=1S/C15H21NO6/c1-9(14(17)16(2)3)22-15(18)10-7-11(19-4)13(21-6)12(8-10)20-5/h7-9H,1-6H3/t9-/m1/s1. The predicted molar refractivity (Wildman–Crippen MR) is 79.7 cm³/mol. The maximum absolute atomic E-state index is 12.2. The van der Waals surface area contributed by atoms with Crippen molar-refractivity contribution in [1.82, 2.24) is 4.90 Å². The number of methoxy groups -OCH3 is 3. The van der Waals surface area contributed by atoms with E-state index in [0.717, 1.165) is 0 Å². The summed E-state index contributed by atoms with van der Waals surface area (Å²) < 4.78 is 20.7. The second-order valence-electron chi connectivity index (χ2n) is 4.69. The maximum atomic E-state index is 12.2. The first-order valence-corrected chi connectivity index (χ1v) is 6.57. The van der Waals surface area contributed by atoms with Crippen molar-refractivity contribution < 1.29 is 28.5 Å². The SMILES string of the molecule is COc1cc(C(=O)O[C@H](C)C(=O)N(C)C)cc(OC)c1OC. The quantitative estimate of drug-likeness (QED) is 0.738. The van der Waals surface area contributed by atoms with E-state index in [2.05, 4.69) is 0 Å². The van der Waals surface area contributed by atoms with Gasteiger partial charge in [0.2, 0.25) is 5.75 Å². The van der Waals surface area contributed by atoms with Crippen LogP contribution in [0.3, 0.4) is 0 Å². The van der Waals surface area contributed by atoms with E-state index < -0.39 is 12.1 Å². The van der Waals surface area contributed by atoms with Gasteiger partial charge in [-0.25, -0.2) is 4.79 Å². The molecule has 1 rings (SSSR count). The molecule has 22 heavy (non-hydrogen) atoms. The molecule has 0 N–H and O–H groups in total. The molecule has 7 nitrogen and oxygen atoms in total. The van der Waals surface area contributed by atoms with Gasteiger partial charge in [-0.05, 0) is 19.1 Å². The number of ether oxygens (including phenoxy) is 4. The summed E-state index contributed by atoms with van der Waals surface area (Å²) in [6.45, 7) is 1.51. The Labute approximate surface area is 129 Å². The fourth-order valence-electron chi connectivity index (χ4n) is 1.84. The Hall–Kier alpha value is -2.44. The van der Waals surface area contributed by atoms with E-state index in [0.29, 0.717) is 17.2 Å². The van der Waals surface area contributed by atoms with Gasteiger partial charge in [0.15, 0.2) is 17.6 Å². The number of likely N-dealkylation sites (N-methyl/N-ethyl adjacent to an activating group) is 1. The lowest BCUT2D eigenvalue weighted by atomic mass is 10.2. The molecule has 122 valence electrons. The molecule has 0 unspecified atom stereocenters. The van der Waals surface area contributed by atoms with Gasteiger partial charge in [0.25, 0.3) is 5.91 Å². The van der Waals surface area contributed by atoms with E-state index >= 15 is 0 Å². The van der Waals surface area contributed by atoms with Crippen molar-refractivity contribution in [2.45, 2.75) is 13.0 Å². The van der Waals surface area contributed by atoms with Crippen LogP contribution >= 0.6 is 0 Å². The number of nitrogens with zero attached hydrogens (tertiary/aromatic N) is 1. The van der Waals surface area contributed by atoms with Crippen LogP contribution in [0.25, 0.3) is 0 Å². The molecule has 1 amide bonds. The molecule has 0 saturated carbocycles. The van der Waals surface area contributed by atoms with Crippen LogP contribution in [0.4, 0.5) is 0 Å². The summed E-state index contributed by atoms with van der Waals surface area (Å²) >= 11 is 0. The minimum atomic E-state index is -0.887. The van der Waals surface area contributed by atoms with Crippen LogP contribution in [0.1, 0.15) is 17.3 Å². The van der Waals surface area contributed by atoms with E-state index in [1.54, 1.807) is 14.1 Å². The molecule has 0 spiro atoms. The molecular formula is C15H21NO6. The summed E-state index contributed by atoms with van der Waals surface area (Å²) in [5, 5.41) is 0. The number of hydrogen-bond donors (Lipinski definition) is 0. The Balaban J connectivity index is 3.06. The van der Waals surface area contributed by atoms with Crippen molar-refractivity contribution >= 4 is 11.9 Å². The van der Waals surface area contributed by atoms with E-state index in [1.807, 2.05) is 0 Å². The molecule has 0 heterocycles. The number of rotatable bonds is 6. The monoisotopic (exact) mass is 311 g/mol. The van der Waals surface area contributed by atoms with Crippen LogP contribution in [-0.2, 0) is 9.53 Å². The molecular weight excluding hydrogens is 290 g/mol. The van der Waals surface area contributed by atoms with Crippen LogP contribution in [-0.4, -0.2) is 58.3 Å². The number of carbonyl (C=O) groups excluding carboxylic acids is 2. The smallest absolute Gasteiger partial charge is 0.339 e. The Kier molecular flexibility index (Phi) is 6.03. The summed E-state index contributed by atoms with van der Waals surface area (Å²) in [7, 11) is 7.55. The zero-order valence-electron chi connectivity index (χ0n) is 13.6. The van der Waals surface area contributed by atoms with E-state index in [4.69, 9.17) is 18.9 Å². The van der Waals surface area contributed by atoms with Crippen molar-refractivity contribution in [2.24, 2.45) is 0 Å². The van der Waals surface area contributed by atoms with Gasteiger partial charge >= 0.3 is 5.97 Å². The van der Waals surface area contributed by atoms with Gasteiger partial charge in [0, 0.05) is 14.1 Å². The molecule has 0 saturated heterocycles. The Morgan fingerprint density at radius 1 is 1.00 bits per heavy atom. The van der Waals surface area contributed by atoms with E-state index in [-0.39, 0.29) is 11.5 Å². The highest BCUT2D eigenvalue weighted by molar-refractivity contribution is 5.93. The zero-order valence-corrected chi connectivity index (χ0v) is 13.6. The van der Waals surface area contributed by atoms with Gasteiger partial charge in [-0.3, -0.25) is 4.79 Å². The fourth-order valence-corrected chi connectivity index (χ4v) is 1.84. The van der Waals surface area contributed by atoms with Crippen molar-refractivity contribution in [1.29, 1.82) is 0 Å². The first kappa shape index (κ1) is 17.6. The molecule has 0 fully saturated rings. The molecule has 0 aliphatic carbocycles. The summed E-state index contributed by atoms with van der Waals surface area (Å²) in [6, 6.07) is 2.94. The maximum Gasteiger partial charge on any atom is 0.339 e. The lowest BCUT2D eigenvalue weighted by Gasteiger charge is -2.18. The highest BCUT2D eigenvalue weighted by atomic mass is 16.6. The van der Waals surface area contributed by atoms with Crippen LogP contribution in [0.15, 0.2) is 12.1 Å². The number of hydrogen-bond acceptors (Lipinski definition) is 6. The number of amides is 1. The lowest BCUT2D eigenvalue weighted by molar-refractivity contribution is -0.137. The number of carbonyl (C=O) groups is 2. The lowest BCUT2D eigenvalue weighted by Crippen LogP contribution is -2.34. The average molecular weight is 311 g/mol. The minimum absolute atomic E-state index is 0.202. The summed E-state index contributed by atoms with van der Waals surface area (Å²) in [6.07, 6.45) is -0.887. The Morgan fingerprint density at radius 2 is 1.50 bits per heavy atom. The van der Waals surface area contributed by atoms with E-state index in [9.17, 15) is 9.59 Å². The first-order valence-electron chi connectivity index (χ1n) is 6.57. The first-order chi connectivity index (χ1) is 10.3. The van der Waals surface area contributed by atoms with Crippen molar-refractivity contribution in [3.05, 3.63) is 17.7 Å². The van der Waals surface area contributed by atoms with Gasteiger partial charge in [0.05, 0.1) is 26.9 Å². The molecule has 0 radical (unpaired) electrons. The van der Waals surface area contributed by atoms with Gasteiger partial charge in [-0.2, -0.15) is 0 Å². The normalized spacial score (nSPS) is 11.4. The van der Waals surface area contributed by atoms with Crippen molar-refractivity contribution in [3.63, 3.8) is 0 Å². The molecule has 7 heteroatoms. The second kappa shape index (κ2) is 7.53. The molecule has 1 aromatic rings. The van der Waals surface area contributed by atoms with Crippen molar-refractivity contribution in [2.75, 3.05) is 35.4 Å². The third kappa shape index (κ3) is 3.81. The number of benzene rings is 1. The van der Waals surface area contributed by atoms with Gasteiger partial charge in [-0.15, -0.1) is 0 Å². The molecule has 1 aromatic carbocycles. The topological polar surface area (TPSA) is 74.3 Å². The highest BCUT2D eigenvalue weighted by Crippen LogP contribution is 2.38. The second-order valence-corrected chi connectivity index (χ2v) is 4.69. The fraction of sp³-hybridized carbons (Fsp3) is 0.467. The molecule has 0 aromatic heterocycles. The molecule has 1 atom stereocenters. The van der Waals surface area contributed by atoms with Gasteiger partial charge in [-0.1, -0.05) is 0 Å². The number of esters is 1. The van der Waals surface area contributed by atoms with Crippen LogP contribution < -0.4 is 14.2 Å². The molecule has 0 aliphatic heterocycles. The third-order valence-electron chi connectivity index (χ3n) is 2.97. The molecule has 0 bridgehead atoms. The Bertz CT molecular complexity index is 530. The van der Waals surface area contributed by atoms with Crippen LogP contribution in [0, 0.1) is 0 Å². The largest absolute Gasteiger partial charge is 0.493 e. The van der Waals surface area contributed by atoms with Gasteiger partial charge < -0.3 is 23.8 Å². The summed E-state index contributed by atoms with van der Waals surface area (Å²) in [4.78, 5) is 25.3. The summed E-state index contributed by atoms with van der Waals surface area (Å²) in [5.41, 5.74) is 0.202. The third-order valence-corrected chi connectivity index (χ3v) is 2.97. The van der Waals surface area contributed by atoms with Crippen molar-refractivity contribution in [3.8, 4) is 17.2 Å². The Morgan fingerprint density at radius 3 is 1.86 bits per heavy atom. The summed E-state index contributed by atoms with van der Waals surface area (Å²) in [5.74, 6) is 0.0856. The molecule has 0 aliphatic rings. The van der Waals surface area contributed by atoms with Crippen LogP contribution in [0.5, 0.6) is 17.2 Å². The van der Waals surface area contributed by atoms with Gasteiger partial charge in [0.1, 0.15) is 0 Å². The predicted octanol–water partition coefficient (Wildman–Crippen LogP) is 1.35.